The van der Waals surface area contributed by atoms with Crippen molar-refractivity contribution in [3.63, 3.8) is 0 Å². The Labute approximate surface area is 315 Å². The second kappa shape index (κ2) is 10.4. The fourth-order valence-corrected chi connectivity index (χ4v) is 10.0. The Balaban J connectivity index is 1.13. The highest BCUT2D eigenvalue weighted by Gasteiger charge is 2.51. The molecule has 3 heterocycles. The van der Waals surface area contributed by atoms with E-state index in [2.05, 4.69) is 168 Å². The summed E-state index contributed by atoms with van der Waals surface area (Å²) in [5.74, 6) is 1.43. The first-order chi connectivity index (χ1) is 27.3. The lowest BCUT2D eigenvalue weighted by Crippen LogP contribution is -2.25. The van der Waals surface area contributed by atoms with Crippen LogP contribution in [-0.4, -0.2) is 14.5 Å². The van der Waals surface area contributed by atoms with Crippen LogP contribution in [0.1, 0.15) is 22.3 Å². The van der Waals surface area contributed by atoms with Crippen LogP contribution in [0, 0.1) is 0 Å². The van der Waals surface area contributed by atoms with Crippen LogP contribution in [0.15, 0.2) is 180 Å². The molecule has 3 aromatic heterocycles. The quantitative estimate of drug-likeness (QED) is 0.180. The zero-order valence-corrected chi connectivity index (χ0v) is 29.5. The topological polar surface area (TPSA) is 43.9 Å². The van der Waals surface area contributed by atoms with Gasteiger partial charge in [-0.1, -0.05) is 146 Å². The number of nitrogens with zero attached hydrogens (tertiary/aromatic N) is 3. The summed E-state index contributed by atoms with van der Waals surface area (Å²) in [6, 6.07) is 63.6. The first-order valence-corrected chi connectivity index (χ1v) is 18.8. The number of fused-ring (bicyclic) bond motifs is 17. The normalized spacial score (nSPS) is 13.6. The van der Waals surface area contributed by atoms with Crippen LogP contribution in [0.5, 0.6) is 0 Å². The van der Waals surface area contributed by atoms with Crippen molar-refractivity contribution < 1.29 is 4.42 Å². The lowest BCUT2D eigenvalue weighted by atomic mass is 9.70. The minimum Gasteiger partial charge on any atom is -0.437 e. The van der Waals surface area contributed by atoms with Crippen molar-refractivity contribution in [2.75, 3.05) is 0 Å². The Morgan fingerprint density at radius 1 is 0.436 bits per heavy atom. The fourth-order valence-electron chi connectivity index (χ4n) is 10.0. The predicted molar refractivity (Wildman–Crippen MR) is 223 cm³/mol. The Hall–Kier alpha value is -7.30. The van der Waals surface area contributed by atoms with Crippen molar-refractivity contribution in [2.24, 2.45) is 0 Å². The van der Waals surface area contributed by atoms with E-state index in [0.29, 0.717) is 11.5 Å². The zero-order valence-electron chi connectivity index (χ0n) is 29.5. The van der Waals surface area contributed by atoms with Crippen LogP contribution in [0.3, 0.4) is 0 Å². The van der Waals surface area contributed by atoms with Crippen molar-refractivity contribution in [3.8, 4) is 39.5 Å². The highest BCUT2D eigenvalue weighted by molar-refractivity contribution is 6.16. The van der Waals surface area contributed by atoms with Crippen LogP contribution in [0.2, 0.25) is 0 Å². The van der Waals surface area contributed by atoms with Gasteiger partial charge in [-0.15, -0.1) is 0 Å². The molecule has 13 rings (SSSR count). The Morgan fingerprint density at radius 2 is 1.02 bits per heavy atom. The van der Waals surface area contributed by atoms with E-state index in [-0.39, 0.29) is 0 Å². The third-order valence-corrected chi connectivity index (χ3v) is 12.2. The SMILES string of the molecule is c1ccc2c(c1)-c1ccccc1C21c2ccccc2-c2ccc(-c3nc(-n4c5ccccc5c5cc6ccccc6cc54)c4c(n3)oc3ccccc34)cc21. The van der Waals surface area contributed by atoms with E-state index in [0.717, 1.165) is 38.8 Å². The minimum atomic E-state index is -0.463. The Bertz CT molecular complexity index is 3390. The van der Waals surface area contributed by atoms with Gasteiger partial charge in [0.2, 0.25) is 5.71 Å². The molecule has 8 aromatic carbocycles. The molecule has 254 valence electrons. The third kappa shape index (κ3) is 3.66. The lowest BCUT2D eigenvalue weighted by Gasteiger charge is -2.30. The van der Waals surface area contributed by atoms with Gasteiger partial charge < -0.3 is 4.42 Å². The van der Waals surface area contributed by atoms with Crippen LogP contribution >= 0.6 is 0 Å². The summed E-state index contributed by atoms with van der Waals surface area (Å²) in [4.78, 5) is 10.8. The molecule has 55 heavy (non-hydrogen) atoms. The van der Waals surface area contributed by atoms with E-state index < -0.39 is 5.41 Å². The summed E-state index contributed by atoms with van der Waals surface area (Å²) in [6.07, 6.45) is 0. The van der Waals surface area contributed by atoms with Crippen molar-refractivity contribution >= 4 is 54.6 Å². The number of hydrogen-bond donors (Lipinski definition) is 0. The van der Waals surface area contributed by atoms with E-state index in [1.165, 1.54) is 66.1 Å². The standard InChI is InChI=1S/C51H29N3O/c1-2-14-31-29-45-39(27-30(31)13-1)37-18-6-11-23-44(37)54(45)49-47-38-19-7-12-24-46(38)55-50(47)53-48(52-49)32-25-26-36-35-17-5-10-22-42(35)51(43(36)28-32)40-20-8-3-15-33(40)34-16-4-9-21-41(34)51/h1-29H. The second-order valence-electron chi connectivity index (χ2n) is 14.9. The molecule has 0 N–H and O–H groups in total. The molecular formula is C51H29N3O. The van der Waals surface area contributed by atoms with Crippen LogP contribution in [0.4, 0.5) is 0 Å². The summed E-state index contributed by atoms with van der Waals surface area (Å²) in [5, 5.41) is 6.66. The van der Waals surface area contributed by atoms with Gasteiger partial charge in [0.1, 0.15) is 5.58 Å². The zero-order chi connectivity index (χ0) is 35.8. The molecule has 1 spiro atoms. The molecule has 0 atom stereocenters. The number of benzene rings is 8. The van der Waals surface area contributed by atoms with Crippen LogP contribution in [0.25, 0.3) is 94.1 Å². The number of hydrogen-bond acceptors (Lipinski definition) is 3. The molecule has 2 aliphatic carbocycles. The average Bonchev–Trinajstić information content (AvgIpc) is 3.96. The highest BCUT2D eigenvalue weighted by atomic mass is 16.3. The number of rotatable bonds is 2. The van der Waals surface area contributed by atoms with E-state index in [4.69, 9.17) is 14.4 Å². The predicted octanol–water partition coefficient (Wildman–Crippen LogP) is 12.6. The van der Waals surface area contributed by atoms with Gasteiger partial charge in [0, 0.05) is 21.7 Å². The second-order valence-corrected chi connectivity index (χ2v) is 14.9. The molecule has 0 aliphatic heterocycles. The molecule has 4 nitrogen and oxygen atoms in total. The van der Waals surface area contributed by atoms with Gasteiger partial charge in [-0.25, -0.2) is 4.98 Å². The molecule has 11 aromatic rings. The van der Waals surface area contributed by atoms with Crippen molar-refractivity contribution in [2.45, 2.75) is 5.41 Å². The van der Waals surface area contributed by atoms with Gasteiger partial charge in [0.15, 0.2) is 11.6 Å². The molecule has 0 saturated heterocycles. The lowest BCUT2D eigenvalue weighted by molar-refractivity contribution is 0.653. The van der Waals surface area contributed by atoms with Gasteiger partial charge in [-0.05, 0) is 85.6 Å². The number of furan rings is 1. The summed E-state index contributed by atoms with van der Waals surface area (Å²) >= 11 is 0. The summed E-state index contributed by atoms with van der Waals surface area (Å²) < 4.78 is 8.93. The van der Waals surface area contributed by atoms with Crippen LogP contribution < -0.4 is 0 Å². The fraction of sp³-hybridized carbons (Fsp3) is 0.0196. The molecule has 0 fully saturated rings. The molecule has 0 amide bonds. The molecule has 0 unspecified atom stereocenters. The van der Waals surface area contributed by atoms with Gasteiger partial charge in [0.25, 0.3) is 0 Å². The smallest absolute Gasteiger partial charge is 0.233 e. The molecular weight excluding hydrogens is 671 g/mol. The molecule has 0 bridgehead atoms. The van der Waals surface area contributed by atoms with Crippen molar-refractivity contribution in [1.82, 2.24) is 14.5 Å². The van der Waals surface area contributed by atoms with Crippen molar-refractivity contribution in [1.29, 1.82) is 0 Å². The van der Waals surface area contributed by atoms with Gasteiger partial charge in [-0.3, -0.25) is 4.57 Å². The van der Waals surface area contributed by atoms with Crippen molar-refractivity contribution in [3.05, 3.63) is 198 Å². The maximum atomic E-state index is 6.61. The van der Waals surface area contributed by atoms with E-state index >= 15 is 0 Å². The first-order valence-electron chi connectivity index (χ1n) is 18.8. The molecule has 4 heteroatoms. The van der Waals surface area contributed by atoms with Gasteiger partial charge in [-0.2, -0.15) is 4.98 Å². The summed E-state index contributed by atoms with van der Waals surface area (Å²) in [5.41, 5.74) is 14.3. The average molecular weight is 700 g/mol. The van der Waals surface area contributed by atoms with E-state index in [1.807, 2.05) is 12.1 Å². The van der Waals surface area contributed by atoms with E-state index in [1.54, 1.807) is 0 Å². The van der Waals surface area contributed by atoms with E-state index in [9.17, 15) is 0 Å². The molecule has 2 aliphatic rings. The third-order valence-electron chi connectivity index (χ3n) is 12.2. The largest absolute Gasteiger partial charge is 0.437 e. The molecule has 0 radical (unpaired) electrons. The van der Waals surface area contributed by atoms with Gasteiger partial charge in [0.05, 0.1) is 21.8 Å². The minimum absolute atomic E-state index is 0.463. The molecule has 0 saturated carbocycles. The van der Waals surface area contributed by atoms with Crippen LogP contribution in [-0.2, 0) is 5.41 Å². The monoisotopic (exact) mass is 699 g/mol. The number of para-hydroxylation sites is 2. The Kier molecular flexibility index (Phi) is 5.54. The van der Waals surface area contributed by atoms with Gasteiger partial charge >= 0.3 is 0 Å². The Morgan fingerprint density at radius 3 is 1.75 bits per heavy atom. The maximum Gasteiger partial charge on any atom is 0.233 e. The summed E-state index contributed by atoms with van der Waals surface area (Å²) in [7, 11) is 0. The maximum absolute atomic E-state index is 6.61. The highest BCUT2D eigenvalue weighted by Crippen LogP contribution is 2.63. The number of aromatic nitrogens is 3. The summed E-state index contributed by atoms with van der Waals surface area (Å²) in [6.45, 7) is 0. The first kappa shape index (κ1) is 29.2.